The van der Waals surface area contributed by atoms with Crippen LogP contribution in [0, 0.1) is 13.8 Å². The second kappa shape index (κ2) is 7.24. The van der Waals surface area contributed by atoms with E-state index in [-0.39, 0.29) is 6.04 Å². The summed E-state index contributed by atoms with van der Waals surface area (Å²) in [6.07, 6.45) is 0. The molecular formula is C21H26N6O. The predicted octanol–water partition coefficient (Wildman–Crippen LogP) is 2.97. The van der Waals surface area contributed by atoms with E-state index >= 15 is 0 Å². The third-order valence-electron chi connectivity index (χ3n) is 5.31. The number of nitrogen functional groups attached to an aromatic ring is 1. The molecule has 7 nitrogen and oxygen atoms in total. The minimum Gasteiger partial charge on any atom is -0.399 e. The molecule has 0 saturated carbocycles. The Morgan fingerprint density at radius 2 is 1.89 bits per heavy atom. The number of hydrogen-bond acceptors (Lipinski definition) is 6. The molecule has 0 unspecified atom stereocenters. The lowest BCUT2D eigenvalue weighted by Gasteiger charge is -2.34. The van der Waals surface area contributed by atoms with Crippen LogP contribution in [0.2, 0.25) is 0 Å². The maximum Gasteiger partial charge on any atom is 0.162 e. The minimum atomic E-state index is 0.256. The van der Waals surface area contributed by atoms with Crippen LogP contribution in [0.1, 0.15) is 18.3 Å². The minimum absolute atomic E-state index is 0.256. The number of nitrogens with zero attached hydrogens (tertiary/aromatic N) is 5. The number of hydrogen-bond donors (Lipinski definition) is 1. The Morgan fingerprint density at radius 3 is 2.54 bits per heavy atom. The van der Waals surface area contributed by atoms with Crippen LogP contribution in [0.3, 0.4) is 0 Å². The van der Waals surface area contributed by atoms with Gasteiger partial charge in [0, 0.05) is 42.2 Å². The number of aryl methyl sites for hydroxylation is 2. The highest BCUT2D eigenvalue weighted by Gasteiger charge is 2.23. The smallest absolute Gasteiger partial charge is 0.162 e. The third-order valence-corrected chi connectivity index (χ3v) is 5.31. The van der Waals surface area contributed by atoms with Gasteiger partial charge in [-0.2, -0.15) is 5.10 Å². The Morgan fingerprint density at radius 1 is 1.14 bits per heavy atom. The highest BCUT2D eigenvalue weighted by Crippen LogP contribution is 2.31. The van der Waals surface area contributed by atoms with Crippen LogP contribution < -0.4 is 10.6 Å². The van der Waals surface area contributed by atoms with E-state index in [9.17, 15) is 0 Å². The van der Waals surface area contributed by atoms with Crippen LogP contribution in [0.5, 0.6) is 0 Å². The highest BCUT2D eigenvalue weighted by molar-refractivity contribution is 5.71. The van der Waals surface area contributed by atoms with E-state index in [4.69, 9.17) is 20.4 Å². The summed E-state index contributed by atoms with van der Waals surface area (Å²) >= 11 is 0. The normalized spacial score (nSPS) is 17.1. The Labute approximate surface area is 165 Å². The zero-order valence-electron chi connectivity index (χ0n) is 16.8. The molecule has 0 radical (unpaired) electrons. The average molecular weight is 378 g/mol. The van der Waals surface area contributed by atoms with Gasteiger partial charge in [0.05, 0.1) is 30.6 Å². The topological polar surface area (TPSA) is 82.1 Å². The van der Waals surface area contributed by atoms with Gasteiger partial charge in [-0.1, -0.05) is 0 Å². The van der Waals surface area contributed by atoms with E-state index in [1.54, 1.807) is 0 Å². The van der Waals surface area contributed by atoms with Crippen LogP contribution in [0.15, 0.2) is 30.3 Å². The number of ether oxygens (including phenoxy) is 1. The lowest BCUT2D eigenvalue weighted by molar-refractivity contribution is 0.0985. The summed E-state index contributed by atoms with van der Waals surface area (Å²) in [6.45, 7) is 8.45. The molecule has 1 saturated heterocycles. The molecule has 146 valence electrons. The Balaban J connectivity index is 1.89. The van der Waals surface area contributed by atoms with E-state index in [1.165, 1.54) is 0 Å². The first-order valence-electron chi connectivity index (χ1n) is 9.54. The monoisotopic (exact) mass is 378 g/mol. The fraction of sp³-hybridized carbons (Fsp3) is 0.381. The SMILES string of the molecule is Cc1nn(C)c(C)c1-c1cc(N2CCOC[C@H]2C)nc(-c2ccc(N)cc2)n1. The molecule has 1 aromatic carbocycles. The van der Waals surface area contributed by atoms with Gasteiger partial charge in [0.25, 0.3) is 0 Å². The van der Waals surface area contributed by atoms with Gasteiger partial charge in [-0.15, -0.1) is 0 Å². The van der Waals surface area contributed by atoms with Crippen molar-refractivity contribution in [3.8, 4) is 22.6 Å². The van der Waals surface area contributed by atoms with Crippen molar-refractivity contribution in [3.63, 3.8) is 0 Å². The van der Waals surface area contributed by atoms with Crippen molar-refractivity contribution in [1.29, 1.82) is 0 Å². The van der Waals surface area contributed by atoms with Crippen molar-refractivity contribution in [2.45, 2.75) is 26.8 Å². The molecule has 0 aliphatic carbocycles. The summed E-state index contributed by atoms with van der Waals surface area (Å²) in [5.41, 5.74) is 11.5. The molecule has 1 fully saturated rings. The lowest BCUT2D eigenvalue weighted by Crippen LogP contribution is -2.44. The average Bonchev–Trinajstić information content (AvgIpc) is 2.94. The van der Waals surface area contributed by atoms with Gasteiger partial charge in [0.15, 0.2) is 5.82 Å². The number of rotatable bonds is 3. The Bertz CT molecular complexity index is 995. The summed E-state index contributed by atoms with van der Waals surface area (Å²) in [5.74, 6) is 1.60. The van der Waals surface area contributed by atoms with Gasteiger partial charge >= 0.3 is 0 Å². The summed E-state index contributed by atoms with van der Waals surface area (Å²) in [6, 6.07) is 10.0. The molecule has 0 bridgehead atoms. The standard InChI is InChI=1S/C21H26N6O/c1-13-12-28-10-9-27(13)19-11-18(20-14(2)25-26(4)15(20)3)23-21(24-19)16-5-7-17(22)8-6-16/h5-8,11,13H,9-10,12,22H2,1-4H3/t13-/m1/s1. The quantitative estimate of drug-likeness (QED) is 0.706. The molecule has 0 amide bonds. The first kappa shape index (κ1) is 18.4. The molecule has 2 aromatic heterocycles. The largest absolute Gasteiger partial charge is 0.399 e. The highest BCUT2D eigenvalue weighted by atomic mass is 16.5. The van der Waals surface area contributed by atoms with Crippen LogP contribution in [0.25, 0.3) is 22.6 Å². The molecule has 7 heteroatoms. The van der Waals surface area contributed by atoms with Crippen molar-refractivity contribution in [2.24, 2.45) is 7.05 Å². The van der Waals surface area contributed by atoms with Crippen LogP contribution >= 0.6 is 0 Å². The maximum atomic E-state index is 5.86. The zero-order chi connectivity index (χ0) is 19.8. The van der Waals surface area contributed by atoms with E-state index in [0.717, 1.165) is 46.3 Å². The van der Waals surface area contributed by atoms with Crippen molar-refractivity contribution in [3.05, 3.63) is 41.7 Å². The predicted molar refractivity (Wildman–Crippen MR) is 111 cm³/mol. The van der Waals surface area contributed by atoms with Crippen LogP contribution in [-0.2, 0) is 11.8 Å². The fourth-order valence-electron chi connectivity index (χ4n) is 3.68. The molecule has 4 rings (SSSR count). The summed E-state index contributed by atoms with van der Waals surface area (Å²) in [4.78, 5) is 12.1. The van der Waals surface area contributed by atoms with E-state index in [1.807, 2.05) is 42.9 Å². The first-order chi connectivity index (χ1) is 13.4. The van der Waals surface area contributed by atoms with Crippen molar-refractivity contribution in [1.82, 2.24) is 19.7 Å². The van der Waals surface area contributed by atoms with Crippen molar-refractivity contribution in [2.75, 3.05) is 30.4 Å². The maximum absolute atomic E-state index is 5.86. The van der Waals surface area contributed by atoms with E-state index < -0.39 is 0 Å². The van der Waals surface area contributed by atoms with Crippen LogP contribution in [-0.4, -0.2) is 45.5 Å². The number of nitrogens with two attached hydrogens (primary N) is 1. The molecular weight excluding hydrogens is 352 g/mol. The summed E-state index contributed by atoms with van der Waals surface area (Å²) in [7, 11) is 1.96. The van der Waals surface area contributed by atoms with Gasteiger partial charge in [-0.25, -0.2) is 9.97 Å². The molecule has 0 spiro atoms. The molecule has 28 heavy (non-hydrogen) atoms. The first-order valence-corrected chi connectivity index (χ1v) is 9.54. The summed E-state index contributed by atoms with van der Waals surface area (Å²) < 4.78 is 7.50. The number of benzene rings is 1. The fourth-order valence-corrected chi connectivity index (χ4v) is 3.68. The number of anilines is 2. The van der Waals surface area contributed by atoms with E-state index in [0.29, 0.717) is 19.0 Å². The van der Waals surface area contributed by atoms with E-state index in [2.05, 4.69) is 29.9 Å². The second-order valence-electron chi connectivity index (χ2n) is 7.34. The lowest BCUT2D eigenvalue weighted by atomic mass is 10.1. The van der Waals surface area contributed by atoms with Gasteiger partial charge in [-0.3, -0.25) is 4.68 Å². The molecule has 3 heterocycles. The molecule has 1 aliphatic heterocycles. The third kappa shape index (κ3) is 3.33. The van der Waals surface area contributed by atoms with Gasteiger partial charge in [0.2, 0.25) is 0 Å². The Hall–Kier alpha value is -2.93. The molecule has 3 aromatic rings. The number of morpholine rings is 1. The summed E-state index contributed by atoms with van der Waals surface area (Å²) in [5, 5.41) is 4.56. The molecule has 1 atom stereocenters. The van der Waals surface area contributed by atoms with Gasteiger partial charge in [0.1, 0.15) is 5.82 Å². The zero-order valence-corrected chi connectivity index (χ0v) is 16.8. The second-order valence-corrected chi connectivity index (χ2v) is 7.34. The Kier molecular flexibility index (Phi) is 4.77. The molecule has 2 N–H and O–H groups in total. The van der Waals surface area contributed by atoms with Gasteiger partial charge in [-0.05, 0) is 45.0 Å². The van der Waals surface area contributed by atoms with Crippen LogP contribution in [0.4, 0.5) is 11.5 Å². The molecule has 1 aliphatic rings. The van der Waals surface area contributed by atoms with Crippen molar-refractivity contribution >= 4 is 11.5 Å². The van der Waals surface area contributed by atoms with Gasteiger partial charge < -0.3 is 15.4 Å². The van der Waals surface area contributed by atoms with Crippen molar-refractivity contribution < 1.29 is 4.74 Å². The number of aromatic nitrogens is 4.